The van der Waals surface area contributed by atoms with Crippen molar-refractivity contribution in [1.82, 2.24) is 0 Å². The molecule has 0 rings (SSSR count). The van der Waals surface area contributed by atoms with Gasteiger partial charge < -0.3 is 0 Å². The number of rotatable bonds is 0. The molecule has 0 aromatic rings. The summed E-state index contributed by atoms with van der Waals surface area (Å²) >= 11 is 0. The summed E-state index contributed by atoms with van der Waals surface area (Å²) in [4.78, 5) is 0. The zero-order valence-electron chi connectivity index (χ0n) is 2.53. The second kappa shape index (κ2) is 9.99. The summed E-state index contributed by atoms with van der Waals surface area (Å²) in [6.07, 6.45) is 0. The van der Waals surface area contributed by atoms with E-state index in [1.165, 1.54) is 0 Å². The van der Waals surface area contributed by atoms with Gasteiger partial charge in [0.05, 0.1) is 0 Å². The van der Waals surface area contributed by atoms with Gasteiger partial charge in [-0.15, -0.1) is 12.4 Å². The van der Waals surface area contributed by atoms with Crippen molar-refractivity contribution in [2.75, 3.05) is 0 Å². The van der Waals surface area contributed by atoms with Crippen molar-refractivity contribution >= 4 is 109 Å². The van der Waals surface area contributed by atoms with E-state index in [1.54, 1.807) is 0 Å². The third-order valence-corrected chi connectivity index (χ3v) is 0. The first-order valence-electron chi connectivity index (χ1n) is 0.698. The standard InChI is InChI=1S/Ba.Ca.ClH.H2O4S.4H/c;;;1-5(2,3)4;;;;/h;;1H;(H2,1,2,3,4);;;;. The molecule has 48 valence electrons. The zero-order valence-corrected chi connectivity index (χ0v) is 4.16. The van der Waals surface area contributed by atoms with Crippen LogP contribution in [-0.2, 0) is 10.4 Å². The molecule has 0 aliphatic rings. The van der Waals surface area contributed by atoms with Gasteiger partial charge in [0.25, 0.3) is 0 Å². The third kappa shape index (κ3) is 64.2. The number of hydrogen-bond acceptors (Lipinski definition) is 2. The first-order valence-corrected chi connectivity index (χ1v) is 2.10. The van der Waals surface area contributed by atoms with Crippen molar-refractivity contribution in [3.8, 4) is 0 Å². The van der Waals surface area contributed by atoms with Gasteiger partial charge in [0, 0.05) is 0 Å². The molecule has 0 radical (unpaired) electrons. The summed E-state index contributed by atoms with van der Waals surface area (Å²) in [5.41, 5.74) is 0. The van der Waals surface area contributed by atoms with Gasteiger partial charge in [-0.3, -0.25) is 9.11 Å². The van der Waals surface area contributed by atoms with Gasteiger partial charge in [0.1, 0.15) is 0 Å². The Bertz CT molecular complexity index is 99.2. The van der Waals surface area contributed by atoms with E-state index in [0.29, 0.717) is 0 Å². The van der Waals surface area contributed by atoms with Gasteiger partial charge in [-0.1, -0.05) is 0 Å². The molecule has 0 saturated heterocycles. The monoisotopic (exact) mass is 316 g/mol. The number of halogens is 1. The molecule has 0 aliphatic carbocycles. The Hall–Kier alpha value is 2.99. The molecular weight excluding hydrogens is 309 g/mol. The van der Waals surface area contributed by atoms with Crippen molar-refractivity contribution in [3.05, 3.63) is 0 Å². The van der Waals surface area contributed by atoms with Gasteiger partial charge >= 0.3 is 97.0 Å². The molecular formula is H7BaCaClO4S. The molecule has 0 aliphatic heterocycles. The summed E-state index contributed by atoms with van der Waals surface area (Å²) in [5.74, 6) is 0. The summed E-state index contributed by atoms with van der Waals surface area (Å²) < 4.78 is 31.6. The first kappa shape index (κ1) is 22.4. The van der Waals surface area contributed by atoms with Crippen LogP contribution >= 0.6 is 12.4 Å². The second-order valence-electron chi connectivity index (χ2n) is 0.448. The van der Waals surface area contributed by atoms with Gasteiger partial charge in [-0.25, -0.2) is 0 Å². The molecule has 0 aromatic carbocycles. The minimum atomic E-state index is -4.67. The van der Waals surface area contributed by atoms with E-state index in [9.17, 15) is 0 Å². The average molecular weight is 316 g/mol. The van der Waals surface area contributed by atoms with Crippen molar-refractivity contribution < 1.29 is 17.5 Å². The first-order chi connectivity index (χ1) is 2.00. The van der Waals surface area contributed by atoms with Crippen LogP contribution in [0.1, 0.15) is 0 Å². The van der Waals surface area contributed by atoms with E-state index >= 15 is 0 Å². The molecule has 8 heavy (non-hydrogen) atoms. The van der Waals surface area contributed by atoms with E-state index in [1.807, 2.05) is 0 Å². The van der Waals surface area contributed by atoms with Crippen LogP contribution in [0.5, 0.6) is 0 Å². The molecule has 0 bridgehead atoms. The Morgan fingerprint density at radius 3 is 1.12 bits per heavy atom. The molecule has 0 spiro atoms. The predicted molar refractivity (Wildman–Crippen MR) is 38.5 cm³/mol. The summed E-state index contributed by atoms with van der Waals surface area (Å²) in [6, 6.07) is 0. The van der Waals surface area contributed by atoms with Crippen molar-refractivity contribution in [2.45, 2.75) is 0 Å². The third-order valence-electron chi connectivity index (χ3n) is 0. The van der Waals surface area contributed by atoms with Crippen LogP contribution in [0.15, 0.2) is 0 Å². The normalized spacial score (nSPS) is 7.25. The molecule has 0 saturated carbocycles. The van der Waals surface area contributed by atoms with Gasteiger partial charge in [-0.05, 0) is 0 Å². The Balaban J connectivity index is -0.0000000267. The summed E-state index contributed by atoms with van der Waals surface area (Å²) in [7, 11) is -4.67. The zero-order chi connectivity index (χ0) is 4.50. The Morgan fingerprint density at radius 2 is 1.12 bits per heavy atom. The predicted octanol–water partition coefficient (Wildman–Crippen LogP) is -2.06. The maximum absolute atomic E-state index is 8.74. The van der Waals surface area contributed by atoms with E-state index in [0.717, 1.165) is 0 Å². The van der Waals surface area contributed by atoms with E-state index in [4.69, 9.17) is 17.5 Å². The fourth-order valence-electron chi connectivity index (χ4n) is 0. The van der Waals surface area contributed by atoms with Crippen LogP contribution in [0.4, 0.5) is 0 Å². The Kier molecular flexibility index (Phi) is 28.0. The fraction of sp³-hybridized carbons (Fsp3) is 0. The van der Waals surface area contributed by atoms with E-state index < -0.39 is 10.4 Å². The van der Waals surface area contributed by atoms with Gasteiger partial charge in [0.15, 0.2) is 0 Å². The van der Waals surface area contributed by atoms with Crippen LogP contribution in [-0.4, -0.2) is 104 Å². The Morgan fingerprint density at radius 1 is 1.12 bits per heavy atom. The molecule has 0 unspecified atom stereocenters. The maximum atomic E-state index is 8.74. The number of hydrogen-bond donors (Lipinski definition) is 2. The quantitative estimate of drug-likeness (QED) is 0.398. The molecule has 0 fully saturated rings. The van der Waals surface area contributed by atoms with Crippen molar-refractivity contribution in [2.24, 2.45) is 0 Å². The average Bonchev–Trinajstić information content (AvgIpc) is 0.722. The molecule has 0 aromatic heterocycles. The fourth-order valence-corrected chi connectivity index (χ4v) is 0. The Labute approximate surface area is 124 Å². The summed E-state index contributed by atoms with van der Waals surface area (Å²) in [5, 5.41) is 0. The molecule has 2 N–H and O–H groups in total. The van der Waals surface area contributed by atoms with Crippen LogP contribution in [0.3, 0.4) is 0 Å². The van der Waals surface area contributed by atoms with Crippen LogP contribution in [0.2, 0.25) is 0 Å². The van der Waals surface area contributed by atoms with Gasteiger partial charge in [0.2, 0.25) is 0 Å². The van der Waals surface area contributed by atoms with Crippen LogP contribution in [0, 0.1) is 0 Å². The molecule has 0 atom stereocenters. The SMILES string of the molecule is Cl.O=S(=O)(O)O.[BaH2].[CaH2]. The van der Waals surface area contributed by atoms with Crippen LogP contribution in [0.25, 0.3) is 0 Å². The van der Waals surface area contributed by atoms with E-state index in [-0.39, 0.29) is 99.0 Å². The van der Waals surface area contributed by atoms with Crippen molar-refractivity contribution in [3.63, 3.8) is 0 Å². The van der Waals surface area contributed by atoms with Crippen molar-refractivity contribution in [1.29, 1.82) is 0 Å². The van der Waals surface area contributed by atoms with Crippen LogP contribution < -0.4 is 0 Å². The topological polar surface area (TPSA) is 74.6 Å². The van der Waals surface area contributed by atoms with Gasteiger partial charge in [-0.2, -0.15) is 8.42 Å². The summed E-state index contributed by atoms with van der Waals surface area (Å²) in [6.45, 7) is 0. The molecule has 8 heteroatoms. The molecule has 4 nitrogen and oxygen atoms in total. The van der Waals surface area contributed by atoms with E-state index in [2.05, 4.69) is 0 Å². The minimum absolute atomic E-state index is 0. The second-order valence-corrected chi connectivity index (χ2v) is 1.34. The molecule has 0 heterocycles. The molecule has 0 amide bonds.